The number of benzene rings is 2. The molecular weight excluding hydrogens is 224 g/mol. The zero-order valence-corrected chi connectivity index (χ0v) is 10.8. The Bertz CT molecular complexity index is 576. The number of nitrogens with zero attached hydrogens (tertiary/aromatic N) is 1. The summed E-state index contributed by atoms with van der Waals surface area (Å²) in [5, 5.41) is 3.59. The van der Waals surface area contributed by atoms with Crippen LogP contribution in [0.1, 0.15) is 17.5 Å². The van der Waals surface area contributed by atoms with Crippen LogP contribution in [-0.2, 0) is 11.2 Å². The highest BCUT2D eigenvalue weighted by molar-refractivity contribution is 5.84. The summed E-state index contributed by atoms with van der Waals surface area (Å²) in [5.74, 6) is 5.35. The molecule has 0 saturated carbocycles. The number of nitrogens with two attached hydrogens (primary N) is 1. The molecule has 2 rings (SSSR count). The van der Waals surface area contributed by atoms with E-state index in [4.69, 9.17) is 5.84 Å². The highest BCUT2D eigenvalue weighted by atomic mass is 16.2. The molecule has 0 saturated heterocycles. The molecule has 1 amide bonds. The molecule has 18 heavy (non-hydrogen) atoms. The molecule has 0 unspecified atom stereocenters. The second-order valence-electron chi connectivity index (χ2n) is 4.69. The van der Waals surface area contributed by atoms with Crippen molar-refractivity contribution in [3.05, 3.63) is 47.5 Å². The van der Waals surface area contributed by atoms with Crippen LogP contribution in [0, 0.1) is 6.92 Å². The lowest BCUT2D eigenvalue weighted by molar-refractivity contribution is -0.130. The van der Waals surface area contributed by atoms with Gasteiger partial charge < -0.3 is 0 Å². The van der Waals surface area contributed by atoms with Crippen LogP contribution in [0.5, 0.6) is 0 Å². The number of amides is 1. The van der Waals surface area contributed by atoms with Crippen molar-refractivity contribution >= 4 is 16.7 Å². The van der Waals surface area contributed by atoms with Crippen molar-refractivity contribution < 1.29 is 4.79 Å². The van der Waals surface area contributed by atoms with Gasteiger partial charge in [-0.1, -0.05) is 42.0 Å². The molecule has 0 radical (unpaired) electrons. The van der Waals surface area contributed by atoms with Crippen molar-refractivity contribution in [2.45, 2.75) is 19.8 Å². The van der Waals surface area contributed by atoms with Gasteiger partial charge in [-0.25, -0.2) is 5.84 Å². The standard InChI is InChI=1S/C15H18N2O/c1-11-3-6-14-10-12(4-7-13(14)9-11)5-8-15(18)17(2)16/h3-4,6-7,9-10H,5,8,16H2,1-2H3. The van der Waals surface area contributed by atoms with Gasteiger partial charge in [0.1, 0.15) is 0 Å². The normalized spacial score (nSPS) is 10.6. The van der Waals surface area contributed by atoms with E-state index >= 15 is 0 Å². The van der Waals surface area contributed by atoms with Gasteiger partial charge in [-0.3, -0.25) is 9.80 Å². The zero-order valence-electron chi connectivity index (χ0n) is 10.8. The molecule has 0 atom stereocenters. The monoisotopic (exact) mass is 242 g/mol. The smallest absolute Gasteiger partial charge is 0.236 e. The van der Waals surface area contributed by atoms with Crippen molar-refractivity contribution in [2.24, 2.45) is 5.84 Å². The summed E-state index contributed by atoms with van der Waals surface area (Å²) in [6.45, 7) is 2.09. The fourth-order valence-electron chi connectivity index (χ4n) is 2.00. The highest BCUT2D eigenvalue weighted by Gasteiger charge is 2.05. The first-order chi connectivity index (χ1) is 8.56. The summed E-state index contributed by atoms with van der Waals surface area (Å²) in [5.41, 5.74) is 2.43. The second kappa shape index (κ2) is 5.19. The summed E-state index contributed by atoms with van der Waals surface area (Å²) < 4.78 is 0. The van der Waals surface area contributed by atoms with Crippen LogP contribution in [0.15, 0.2) is 36.4 Å². The zero-order chi connectivity index (χ0) is 13.1. The molecule has 94 valence electrons. The predicted molar refractivity (Wildman–Crippen MR) is 74.0 cm³/mol. The third-order valence-electron chi connectivity index (χ3n) is 3.08. The molecule has 0 aliphatic rings. The van der Waals surface area contributed by atoms with E-state index in [-0.39, 0.29) is 5.91 Å². The highest BCUT2D eigenvalue weighted by Crippen LogP contribution is 2.18. The van der Waals surface area contributed by atoms with Gasteiger partial charge in [-0.05, 0) is 29.7 Å². The average molecular weight is 242 g/mol. The molecule has 2 aromatic carbocycles. The van der Waals surface area contributed by atoms with Gasteiger partial charge in [0.15, 0.2) is 0 Å². The minimum Gasteiger partial charge on any atom is -0.284 e. The van der Waals surface area contributed by atoms with E-state index in [0.29, 0.717) is 6.42 Å². The van der Waals surface area contributed by atoms with Crippen LogP contribution in [0.4, 0.5) is 0 Å². The van der Waals surface area contributed by atoms with Gasteiger partial charge in [0, 0.05) is 13.5 Å². The Hall–Kier alpha value is -1.87. The summed E-state index contributed by atoms with van der Waals surface area (Å²) in [7, 11) is 1.57. The summed E-state index contributed by atoms with van der Waals surface area (Å²) in [6.07, 6.45) is 1.18. The maximum atomic E-state index is 11.4. The molecule has 0 heterocycles. The Labute approximate surface area is 107 Å². The van der Waals surface area contributed by atoms with Gasteiger partial charge in [-0.15, -0.1) is 0 Å². The van der Waals surface area contributed by atoms with Crippen molar-refractivity contribution in [2.75, 3.05) is 7.05 Å². The van der Waals surface area contributed by atoms with Crippen molar-refractivity contribution in [1.82, 2.24) is 5.01 Å². The quantitative estimate of drug-likeness (QED) is 0.510. The predicted octanol–water partition coefficient (Wildman–Crippen LogP) is 2.41. The second-order valence-corrected chi connectivity index (χ2v) is 4.69. The molecule has 3 heteroatoms. The average Bonchev–Trinajstić information content (AvgIpc) is 2.35. The fourth-order valence-corrected chi connectivity index (χ4v) is 2.00. The molecule has 0 bridgehead atoms. The van der Waals surface area contributed by atoms with Crippen LogP contribution < -0.4 is 5.84 Å². The summed E-state index contributed by atoms with van der Waals surface area (Å²) in [4.78, 5) is 11.4. The third kappa shape index (κ3) is 2.87. The van der Waals surface area contributed by atoms with E-state index < -0.39 is 0 Å². The molecule has 0 spiro atoms. The third-order valence-corrected chi connectivity index (χ3v) is 3.08. The van der Waals surface area contributed by atoms with Crippen LogP contribution >= 0.6 is 0 Å². The molecule has 2 N–H and O–H groups in total. The first kappa shape index (κ1) is 12.6. The van der Waals surface area contributed by atoms with E-state index in [1.54, 1.807) is 7.05 Å². The SMILES string of the molecule is Cc1ccc2cc(CCC(=O)N(C)N)ccc2c1. The van der Waals surface area contributed by atoms with E-state index in [2.05, 4.69) is 43.3 Å². The Morgan fingerprint density at radius 2 is 1.83 bits per heavy atom. The first-order valence-corrected chi connectivity index (χ1v) is 6.07. The molecule has 2 aromatic rings. The van der Waals surface area contributed by atoms with Gasteiger partial charge >= 0.3 is 0 Å². The fraction of sp³-hybridized carbons (Fsp3) is 0.267. The van der Waals surface area contributed by atoms with Crippen molar-refractivity contribution in [3.63, 3.8) is 0 Å². The van der Waals surface area contributed by atoms with Crippen LogP contribution in [0.3, 0.4) is 0 Å². The maximum Gasteiger partial charge on any atom is 0.236 e. The Morgan fingerprint density at radius 1 is 1.17 bits per heavy atom. The summed E-state index contributed by atoms with van der Waals surface area (Å²) >= 11 is 0. The van der Waals surface area contributed by atoms with Gasteiger partial charge in [0.2, 0.25) is 5.91 Å². The first-order valence-electron chi connectivity index (χ1n) is 6.07. The number of carbonyl (C=O) groups excluding carboxylic acids is 1. The molecule has 0 aliphatic heterocycles. The lowest BCUT2D eigenvalue weighted by atomic mass is 10.0. The van der Waals surface area contributed by atoms with E-state index in [0.717, 1.165) is 11.4 Å². The number of aryl methyl sites for hydroxylation is 2. The molecule has 0 aliphatic carbocycles. The lowest BCUT2D eigenvalue weighted by Gasteiger charge is -2.09. The Kier molecular flexibility index (Phi) is 3.63. The van der Waals surface area contributed by atoms with Crippen LogP contribution in [-0.4, -0.2) is 18.0 Å². The summed E-state index contributed by atoms with van der Waals surface area (Å²) in [6, 6.07) is 12.7. The van der Waals surface area contributed by atoms with Gasteiger partial charge in [0.05, 0.1) is 0 Å². The van der Waals surface area contributed by atoms with Gasteiger partial charge in [-0.2, -0.15) is 0 Å². The van der Waals surface area contributed by atoms with Crippen molar-refractivity contribution in [1.29, 1.82) is 0 Å². The number of hydrazine groups is 1. The number of hydrogen-bond acceptors (Lipinski definition) is 2. The number of rotatable bonds is 3. The number of fused-ring (bicyclic) bond motifs is 1. The van der Waals surface area contributed by atoms with E-state index in [1.165, 1.54) is 21.9 Å². The molecule has 0 aromatic heterocycles. The van der Waals surface area contributed by atoms with E-state index in [1.807, 2.05) is 0 Å². The molecular formula is C15H18N2O. The number of carbonyl (C=O) groups is 1. The maximum absolute atomic E-state index is 11.4. The van der Waals surface area contributed by atoms with Crippen LogP contribution in [0.25, 0.3) is 10.8 Å². The van der Waals surface area contributed by atoms with Crippen LogP contribution in [0.2, 0.25) is 0 Å². The van der Waals surface area contributed by atoms with E-state index in [9.17, 15) is 4.79 Å². The van der Waals surface area contributed by atoms with Gasteiger partial charge in [0.25, 0.3) is 0 Å². The minimum absolute atomic E-state index is 0.0426. The Balaban J connectivity index is 2.15. The minimum atomic E-state index is -0.0426. The van der Waals surface area contributed by atoms with Crippen molar-refractivity contribution in [3.8, 4) is 0 Å². The lowest BCUT2D eigenvalue weighted by Crippen LogP contribution is -2.33. The number of hydrogen-bond donors (Lipinski definition) is 1. The Morgan fingerprint density at radius 3 is 2.56 bits per heavy atom. The largest absolute Gasteiger partial charge is 0.284 e. The molecule has 3 nitrogen and oxygen atoms in total. The molecule has 0 fully saturated rings. The topological polar surface area (TPSA) is 46.3 Å².